The Morgan fingerprint density at radius 2 is 2.00 bits per heavy atom. The molecule has 1 aliphatic carbocycles. The average molecular weight is 443 g/mol. The zero-order valence-corrected chi connectivity index (χ0v) is 17.4. The first-order chi connectivity index (χ1) is 15.4. The molecule has 1 heterocycles. The minimum Gasteiger partial charge on any atom is -0.489 e. The Bertz CT molecular complexity index is 1150. The van der Waals surface area contributed by atoms with Gasteiger partial charge in [-0.15, -0.1) is 0 Å². The molecular formula is C25H24F3NO3. The maximum Gasteiger partial charge on any atom is 0.417 e. The molecule has 0 bridgehead atoms. The van der Waals surface area contributed by atoms with E-state index in [0.717, 1.165) is 41.3 Å². The summed E-state index contributed by atoms with van der Waals surface area (Å²) in [4.78, 5) is 14.1. The number of allylic oxidation sites excluding steroid dienone is 2. The van der Waals surface area contributed by atoms with Crippen LogP contribution in [0.3, 0.4) is 0 Å². The molecule has 2 aromatic carbocycles. The number of alkyl halides is 3. The van der Waals surface area contributed by atoms with Crippen LogP contribution in [0.15, 0.2) is 48.5 Å². The normalized spacial score (nSPS) is 15.1. The zero-order valence-electron chi connectivity index (χ0n) is 17.4. The number of hydrogen-bond acceptors (Lipinski definition) is 3. The third-order valence-corrected chi connectivity index (χ3v) is 5.74. The molecule has 32 heavy (non-hydrogen) atoms. The lowest BCUT2D eigenvalue weighted by atomic mass is 9.96. The summed E-state index contributed by atoms with van der Waals surface area (Å²) < 4.78 is 46.7. The summed E-state index contributed by atoms with van der Waals surface area (Å²) in [5, 5.41) is 10.1. The van der Waals surface area contributed by atoms with E-state index in [9.17, 15) is 23.1 Å². The van der Waals surface area contributed by atoms with Crippen molar-refractivity contribution >= 4 is 22.8 Å². The molecule has 1 unspecified atom stereocenters. The third-order valence-electron chi connectivity index (χ3n) is 5.74. The molecule has 0 saturated heterocycles. The molecule has 4 nitrogen and oxygen atoms in total. The number of aromatic nitrogens is 1. The number of H-pyrrole nitrogens is 1. The van der Waals surface area contributed by atoms with Gasteiger partial charge >= 0.3 is 6.18 Å². The van der Waals surface area contributed by atoms with E-state index in [1.807, 2.05) is 18.2 Å². The number of benzene rings is 2. The van der Waals surface area contributed by atoms with Crippen molar-refractivity contribution in [3.05, 3.63) is 70.9 Å². The lowest BCUT2D eigenvalue weighted by Crippen LogP contribution is -2.10. The average Bonchev–Trinajstić information content (AvgIpc) is 3.44. The molecule has 0 amide bonds. The second-order valence-corrected chi connectivity index (χ2v) is 8.11. The Labute approximate surface area is 183 Å². The molecule has 0 fully saturated rings. The van der Waals surface area contributed by atoms with Crippen LogP contribution in [0.25, 0.3) is 16.5 Å². The molecule has 7 heteroatoms. The lowest BCUT2D eigenvalue weighted by molar-refractivity contribution is -0.137. The van der Waals surface area contributed by atoms with Crippen LogP contribution in [0.5, 0.6) is 5.75 Å². The number of aliphatic hydroxyl groups is 1. The van der Waals surface area contributed by atoms with E-state index in [2.05, 4.69) is 4.98 Å². The minimum absolute atomic E-state index is 0.0168. The van der Waals surface area contributed by atoms with Gasteiger partial charge in [-0.25, -0.2) is 0 Å². The Balaban J connectivity index is 1.51. The van der Waals surface area contributed by atoms with Crippen LogP contribution in [-0.2, 0) is 24.0 Å². The number of nitrogens with one attached hydrogen (secondary N) is 1. The highest BCUT2D eigenvalue weighted by atomic mass is 19.4. The van der Waals surface area contributed by atoms with Crippen molar-refractivity contribution in [2.75, 3.05) is 6.61 Å². The van der Waals surface area contributed by atoms with Gasteiger partial charge in [-0.2, -0.15) is 13.2 Å². The minimum atomic E-state index is -4.43. The highest BCUT2D eigenvalue weighted by Gasteiger charge is 2.34. The molecule has 4 rings (SSSR count). The van der Waals surface area contributed by atoms with E-state index in [1.54, 1.807) is 24.3 Å². The number of rotatable bonds is 8. The fourth-order valence-electron chi connectivity index (χ4n) is 4.09. The van der Waals surface area contributed by atoms with Crippen LogP contribution in [-0.4, -0.2) is 23.0 Å². The molecule has 0 saturated carbocycles. The van der Waals surface area contributed by atoms with Gasteiger partial charge in [0.2, 0.25) is 0 Å². The Morgan fingerprint density at radius 3 is 2.69 bits per heavy atom. The van der Waals surface area contributed by atoms with Crippen molar-refractivity contribution in [2.45, 2.75) is 38.5 Å². The van der Waals surface area contributed by atoms with E-state index < -0.39 is 17.7 Å². The monoisotopic (exact) mass is 443 g/mol. The second kappa shape index (κ2) is 9.20. The van der Waals surface area contributed by atoms with Gasteiger partial charge < -0.3 is 19.6 Å². The molecule has 1 aromatic heterocycles. The van der Waals surface area contributed by atoms with Crippen LogP contribution in [0.1, 0.15) is 41.6 Å². The van der Waals surface area contributed by atoms with Crippen LogP contribution in [0.4, 0.5) is 13.2 Å². The molecule has 1 aliphatic rings. The third kappa shape index (κ3) is 4.88. The largest absolute Gasteiger partial charge is 0.489 e. The summed E-state index contributed by atoms with van der Waals surface area (Å²) in [6.07, 6.45) is 0.955. The zero-order chi connectivity index (χ0) is 22.7. The second-order valence-electron chi connectivity index (χ2n) is 8.11. The van der Waals surface area contributed by atoms with Gasteiger partial charge in [0.15, 0.2) is 0 Å². The van der Waals surface area contributed by atoms with Gasteiger partial charge in [-0.1, -0.05) is 18.2 Å². The number of carbonyl (C=O) groups is 1. The first-order valence-electron chi connectivity index (χ1n) is 10.6. The fourth-order valence-corrected chi connectivity index (χ4v) is 4.09. The molecule has 0 aliphatic heterocycles. The van der Waals surface area contributed by atoms with Gasteiger partial charge in [0.25, 0.3) is 0 Å². The Kier molecular flexibility index (Phi) is 6.37. The highest BCUT2D eigenvalue weighted by Crippen LogP contribution is 2.39. The summed E-state index contributed by atoms with van der Waals surface area (Å²) in [6.45, 7) is -0.202. The standard InChI is InChI=1S/C25H24F3NO3/c26-25(27,28)23-10-16(5-7-22(23)18-3-1-2-4-18)15-32-21-6-8-24-19(12-21)11-20(29-24)9-17(13-30)14-31/h3,5-8,10-13,17,29,31H,1-2,4,9,14-15H2. The number of ether oxygens (including phenoxy) is 1. The van der Waals surface area contributed by atoms with Gasteiger partial charge in [0, 0.05) is 22.5 Å². The van der Waals surface area contributed by atoms with Crippen LogP contribution < -0.4 is 4.74 Å². The van der Waals surface area contributed by atoms with Crippen LogP contribution in [0.2, 0.25) is 0 Å². The summed E-state index contributed by atoms with van der Waals surface area (Å²) in [6, 6.07) is 11.6. The van der Waals surface area contributed by atoms with Crippen molar-refractivity contribution in [3.8, 4) is 5.75 Å². The summed E-state index contributed by atoms with van der Waals surface area (Å²) in [5.41, 5.74) is 2.52. The summed E-state index contributed by atoms with van der Waals surface area (Å²) in [7, 11) is 0. The molecule has 0 spiro atoms. The van der Waals surface area contributed by atoms with Gasteiger partial charge in [0.05, 0.1) is 12.2 Å². The number of hydrogen-bond donors (Lipinski definition) is 2. The van der Waals surface area contributed by atoms with E-state index in [-0.39, 0.29) is 18.8 Å². The van der Waals surface area contributed by atoms with Gasteiger partial charge in [-0.3, -0.25) is 0 Å². The van der Waals surface area contributed by atoms with E-state index in [4.69, 9.17) is 4.74 Å². The molecular weight excluding hydrogens is 419 g/mol. The highest BCUT2D eigenvalue weighted by molar-refractivity contribution is 5.82. The van der Waals surface area contributed by atoms with Gasteiger partial charge in [0.1, 0.15) is 18.6 Å². The van der Waals surface area contributed by atoms with Crippen molar-refractivity contribution in [3.63, 3.8) is 0 Å². The first-order valence-corrected chi connectivity index (χ1v) is 10.6. The molecule has 2 N–H and O–H groups in total. The van der Waals surface area contributed by atoms with Crippen LogP contribution in [0, 0.1) is 5.92 Å². The quantitative estimate of drug-likeness (QED) is 0.440. The van der Waals surface area contributed by atoms with Crippen LogP contribution >= 0.6 is 0 Å². The SMILES string of the molecule is O=CC(CO)Cc1cc2cc(OCc3ccc(C4=CCCC4)c(C(F)(F)F)c3)ccc2[nH]1. The summed E-state index contributed by atoms with van der Waals surface area (Å²) in [5.74, 6) is 0.0675. The van der Waals surface area contributed by atoms with E-state index in [0.29, 0.717) is 24.2 Å². The fraction of sp³-hybridized carbons (Fsp3) is 0.320. The van der Waals surface area contributed by atoms with Crippen molar-refractivity contribution in [2.24, 2.45) is 5.92 Å². The predicted octanol–water partition coefficient (Wildman–Crippen LogP) is 5.68. The Hall–Kier alpha value is -3.06. The topological polar surface area (TPSA) is 62.3 Å². The van der Waals surface area contributed by atoms with Crippen molar-refractivity contribution in [1.29, 1.82) is 0 Å². The molecule has 1 atom stereocenters. The predicted molar refractivity (Wildman–Crippen MR) is 116 cm³/mol. The lowest BCUT2D eigenvalue weighted by Gasteiger charge is -2.16. The van der Waals surface area contributed by atoms with Gasteiger partial charge in [-0.05, 0) is 72.7 Å². The maximum absolute atomic E-state index is 13.7. The van der Waals surface area contributed by atoms with Crippen molar-refractivity contribution in [1.82, 2.24) is 4.98 Å². The number of fused-ring (bicyclic) bond motifs is 1. The smallest absolute Gasteiger partial charge is 0.417 e. The molecule has 0 radical (unpaired) electrons. The number of aromatic amines is 1. The first kappa shape index (κ1) is 22.1. The summed E-state index contributed by atoms with van der Waals surface area (Å²) >= 11 is 0. The Morgan fingerprint density at radius 1 is 1.16 bits per heavy atom. The van der Waals surface area contributed by atoms with E-state index >= 15 is 0 Å². The molecule has 3 aromatic rings. The number of aldehydes is 1. The number of carbonyl (C=O) groups excluding carboxylic acids is 1. The van der Waals surface area contributed by atoms with Crippen molar-refractivity contribution < 1.29 is 27.8 Å². The maximum atomic E-state index is 13.7. The van der Waals surface area contributed by atoms with E-state index in [1.165, 1.54) is 6.07 Å². The number of aliphatic hydroxyl groups excluding tert-OH is 1. The molecule has 168 valence electrons. The number of halogens is 3.